The molecule has 1 aromatic carbocycles. The first-order valence-corrected chi connectivity index (χ1v) is 6.51. The molecule has 2 rings (SSSR count). The number of nitrogens with one attached hydrogen (secondary N) is 2. The van der Waals surface area contributed by atoms with Crippen LogP contribution in [-0.2, 0) is 4.79 Å². The molecule has 0 aromatic heterocycles. The zero-order valence-corrected chi connectivity index (χ0v) is 11.1. The van der Waals surface area contributed by atoms with Gasteiger partial charge < -0.3 is 20.5 Å². The molecule has 1 aromatic rings. The first kappa shape index (κ1) is 13.8. The van der Waals surface area contributed by atoms with Crippen molar-refractivity contribution in [2.75, 3.05) is 19.7 Å². The van der Waals surface area contributed by atoms with Crippen LogP contribution in [0.5, 0.6) is 5.75 Å². The number of benzene rings is 1. The van der Waals surface area contributed by atoms with E-state index in [-0.39, 0.29) is 18.6 Å². The molecule has 5 nitrogen and oxygen atoms in total. The zero-order chi connectivity index (χ0) is 13.7. The van der Waals surface area contributed by atoms with Crippen LogP contribution in [0.15, 0.2) is 24.3 Å². The second kappa shape index (κ2) is 6.54. The average molecular weight is 264 g/mol. The van der Waals surface area contributed by atoms with Gasteiger partial charge in [-0.05, 0) is 19.1 Å². The van der Waals surface area contributed by atoms with Crippen molar-refractivity contribution in [3.63, 3.8) is 0 Å². The van der Waals surface area contributed by atoms with Crippen molar-refractivity contribution in [2.24, 2.45) is 0 Å². The van der Waals surface area contributed by atoms with E-state index >= 15 is 0 Å². The van der Waals surface area contributed by atoms with Gasteiger partial charge in [-0.25, -0.2) is 0 Å². The van der Waals surface area contributed by atoms with Crippen LogP contribution < -0.4 is 15.4 Å². The third-order valence-electron chi connectivity index (χ3n) is 3.08. The van der Waals surface area contributed by atoms with Crippen LogP contribution in [0.3, 0.4) is 0 Å². The van der Waals surface area contributed by atoms with Gasteiger partial charge in [0.15, 0.2) is 0 Å². The molecule has 0 saturated carbocycles. The van der Waals surface area contributed by atoms with Gasteiger partial charge in [0.2, 0.25) is 5.91 Å². The van der Waals surface area contributed by atoms with Crippen molar-refractivity contribution in [1.82, 2.24) is 10.6 Å². The van der Waals surface area contributed by atoms with Crippen molar-refractivity contribution >= 4 is 5.91 Å². The summed E-state index contributed by atoms with van der Waals surface area (Å²) in [6, 6.07) is 7.82. The quantitative estimate of drug-likeness (QED) is 0.687. The lowest BCUT2D eigenvalue weighted by Gasteiger charge is -2.16. The Morgan fingerprint density at radius 1 is 1.47 bits per heavy atom. The number of aliphatic hydroxyl groups excluding tert-OH is 1. The maximum absolute atomic E-state index is 11.0. The summed E-state index contributed by atoms with van der Waals surface area (Å²) in [5.41, 5.74) is 1.17. The van der Waals surface area contributed by atoms with Crippen LogP contribution in [0.25, 0.3) is 0 Å². The highest BCUT2D eigenvalue weighted by atomic mass is 16.5. The topological polar surface area (TPSA) is 70.6 Å². The highest BCUT2D eigenvalue weighted by Gasteiger charge is 2.21. The molecule has 1 aliphatic heterocycles. The van der Waals surface area contributed by atoms with Crippen molar-refractivity contribution in [1.29, 1.82) is 0 Å². The first-order chi connectivity index (χ1) is 9.13. The van der Waals surface area contributed by atoms with E-state index in [0.29, 0.717) is 19.5 Å². The van der Waals surface area contributed by atoms with Gasteiger partial charge in [0.1, 0.15) is 18.5 Å². The fourth-order valence-corrected chi connectivity index (χ4v) is 1.94. The van der Waals surface area contributed by atoms with Crippen LogP contribution in [0.4, 0.5) is 0 Å². The third-order valence-corrected chi connectivity index (χ3v) is 3.08. The molecule has 0 aliphatic carbocycles. The number of carbonyl (C=O) groups excluding carboxylic acids is 1. The fraction of sp³-hybridized carbons (Fsp3) is 0.500. The molecule has 0 radical (unpaired) electrons. The molecular formula is C14H20N2O3. The zero-order valence-electron chi connectivity index (χ0n) is 11.1. The van der Waals surface area contributed by atoms with Crippen molar-refractivity contribution in [3.8, 4) is 5.75 Å². The Morgan fingerprint density at radius 2 is 2.21 bits per heavy atom. The number of carbonyl (C=O) groups is 1. The van der Waals surface area contributed by atoms with Crippen molar-refractivity contribution in [3.05, 3.63) is 29.8 Å². The number of ether oxygens (including phenoxy) is 1. The molecular weight excluding hydrogens is 244 g/mol. The van der Waals surface area contributed by atoms with Crippen LogP contribution in [0.1, 0.15) is 12.0 Å². The fourth-order valence-electron chi connectivity index (χ4n) is 1.94. The molecule has 19 heavy (non-hydrogen) atoms. The minimum atomic E-state index is -0.586. The van der Waals surface area contributed by atoms with Crippen LogP contribution in [-0.4, -0.2) is 42.9 Å². The molecule has 5 heteroatoms. The second-order valence-corrected chi connectivity index (χ2v) is 4.89. The Labute approximate surface area is 113 Å². The van der Waals surface area contributed by atoms with E-state index in [0.717, 1.165) is 5.75 Å². The molecule has 1 fully saturated rings. The SMILES string of the molecule is Cc1ccc(OCC(O)CNC2CNC(=O)C2)cc1. The summed E-state index contributed by atoms with van der Waals surface area (Å²) in [5, 5.41) is 15.7. The molecule has 1 amide bonds. The lowest BCUT2D eigenvalue weighted by Crippen LogP contribution is -2.39. The number of hydrogen-bond donors (Lipinski definition) is 3. The molecule has 2 unspecified atom stereocenters. The van der Waals surface area contributed by atoms with Crippen LogP contribution in [0.2, 0.25) is 0 Å². The summed E-state index contributed by atoms with van der Waals surface area (Å²) < 4.78 is 5.49. The Hall–Kier alpha value is -1.59. The summed E-state index contributed by atoms with van der Waals surface area (Å²) in [6.07, 6.45) is -0.108. The van der Waals surface area contributed by atoms with E-state index in [4.69, 9.17) is 4.74 Å². The molecule has 104 valence electrons. The number of rotatable bonds is 6. The van der Waals surface area contributed by atoms with Gasteiger partial charge in [0, 0.05) is 25.6 Å². The Kier molecular flexibility index (Phi) is 4.76. The van der Waals surface area contributed by atoms with E-state index in [2.05, 4.69) is 10.6 Å². The van der Waals surface area contributed by atoms with E-state index < -0.39 is 6.10 Å². The monoisotopic (exact) mass is 264 g/mol. The third kappa shape index (κ3) is 4.54. The lowest BCUT2D eigenvalue weighted by molar-refractivity contribution is -0.119. The van der Waals surface area contributed by atoms with Crippen LogP contribution in [0, 0.1) is 6.92 Å². The lowest BCUT2D eigenvalue weighted by atomic mass is 10.2. The smallest absolute Gasteiger partial charge is 0.221 e. The highest BCUT2D eigenvalue weighted by Crippen LogP contribution is 2.11. The van der Waals surface area contributed by atoms with Gasteiger partial charge in [-0.2, -0.15) is 0 Å². The van der Waals surface area contributed by atoms with Gasteiger partial charge in [-0.15, -0.1) is 0 Å². The molecule has 1 heterocycles. The van der Waals surface area contributed by atoms with Crippen LogP contribution >= 0.6 is 0 Å². The maximum Gasteiger partial charge on any atom is 0.221 e. The summed E-state index contributed by atoms with van der Waals surface area (Å²) in [4.78, 5) is 11.0. The first-order valence-electron chi connectivity index (χ1n) is 6.51. The molecule has 0 bridgehead atoms. The number of hydrogen-bond acceptors (Lipinski definition) is 4. The predicted octanol–water partition coefficient (Wildman–Crippen LogP) is 0.213. The number of aliphatic hydroxyl groups is 1. The van der Waals surface area contributed by atoms with Crippen molar-refractivity contribution < 1.29 is 14.6 Å². The van der Waals surface area contributed by atoms with E-state index in [1.54, 1.807) is 0 Å². The summed E-state index contributed by atoms with van der Waals surface area (Å²) in [5.74, 6) is 0.810. The van der Waals surface area contributed by atoms with E-state index in [9.17, 15) is 9.90 Å². The van der Waals surface area contributed by atoms with E-state index in [1.165, 1.54) is 5.56 Å². The normalized spacial score (nSPS) is 20.1. The van der Waals surface area contributed by atoms with Gasteiger partial charge in [0.05, 0.1) is 0 Å². The average Bonchev–Trinajstić information content (AvgIpc) is 2.81. The molecule has 2 atom stereocenters. The second-order valence-electron chi connectivity index (χ2n) is 4.89. The molecule has 1 aliphatic rings. The minimum Gasteiger partial charge on any atom is -0.491 e. The number of aryl methyl sites for hydroxylation is 1. The van der Waals surface area contributed by atoms with Gasteiger partial charge in [-0.1, -0.05) is 17.7 Å². The summed E-state index contributed by atoms with van der Waals surface area (Å²) >= 11 is 0. The minimum absolute atomic E-state index is 0.0582. The van der Waals surface area contributed by atoms with Gasteiger partial charge >= 0.3 is 0 Å². The predicted molar refractivity (Wildman–Crippen MR) is 72.1 cm³/mol. The molecule has 0 spiro atoms. The standard InChI is InChI=1S/C14H20N2O3/c1-10-2-4-13(5-3-10)19-9-12(17)8-15-11-6-14(18)16-7-11/h2-5,11-12,15,17H,6-9H2,1H3,(H,16,18). The summed E-state index contributed by atoms with van der Waals surface area (Å²) in [7, 11) is 0. The Balaban J connectivity index is 1.65. The van der Waals surface area contributed by atoms with Crippen molar-refractivity contribution in [2.45, 2.75) is 25.5 Å². The molecule has 1 saturated heterocycles. The van der Waals surface area contributed by atoms with Gasteiger partial charge in [-0.3, -0.25) is 4.79 Å². The summed E-state index contributed by atoms with van der Waals surface area (Å²) in [6.45, 7) is 3.31. The number of amides is 1. The Morgan fingerprint density at radius 3 is 2.84 bits per heavy atom. The molecule has 3 N–H and O–H groups in total. The van der Waals surface area contributed by atoms with E-state index in [1.807, 2.05) is 31.2 Å². The Bertz CT molecular complexity index is 419. The van der Waals surface area contributed by atoms with Gasteiger partial charge in [0.25, 0.3) is 0 Å². The maximum atomic E-state index is 11.0. The highest BCUT2D eigenvalue weighted by molar-refractivity contribution is 5.78. The largest absolute Gasteiger partial charge is 0.491 e.